The van der Waals surface area contributed by atoms with Gasteiger partial charge in [-0.25, -0.2) is 9.97 Å². The van der Waals surface area contributed by atoms with Crippen LogP contribution in [0.1, 0.15) is 24.2 Å². The molecule has 6 nitrogen and oxygen atoms in total. The molecule has 0 bridgehead atoms. The lowest BCUT2D eigenvalue weighted by molar-refractivity contribution is 0.0773. The summed E-state index contributed by atoms with van der Waals surface area (Å²) in [6, 6.07) is 13.3. The van der Waals surface area contributed by atoms with E-state index in [1.807, 2.05) is 56.3 Å². The van der Waals surface area contributed by atoms with E-state index in [1.165, 1.54) is 0 Å². The molecular weight excluding hydrogens is 362 g/mol. The number of benzene rings is 2. The molecule has 1 amide bonds. The predicted molar refractivity (Wildman–Crippen MR) is 115 cm³/mol. The first kappa shape index (κ1) is 17.4. The molecule has 0 aliphatic rings. The Kier molecular flexibility index (Phi) is 4.05. The van der Waals surface area contributed by atoms with E-state index in [0.717, 1.165) is 38.4 Å². The third-order valence-corrected chi connectivity index (χ3v) is 5.31. The smallest absolute Gasteiger partial charge is 0.253 e. The van der Waals surface area contributed by atoms with Crippen molar-refractivity contribution in [2.45, 2.75) is 13.8 Å². The zero-order valence-corrected chi connectivity index (χ0v) is 16.3. The van der Waals surface area contributed by atoms with Crippen LogP contribution in [0.25, 0.3) is 43.9 Å². The number of hydrogen-bond acceptors (Lipinski definition) is 5. The van der Waals surface area contributed by atoms with Crippen molar-refractivity contribution >= 4 is 49.8 Å². The zero-order valence-electron chi connectivity index (χ0n) is 16.3. The van der Waals surface area contributed by atoms with Crippen LogP contribution >= 0.6 is 0 Å². The molecule has 3 aromatic heterocycles. The van der Waals surface area contributed by atoms with E-state index in [1.54, 1.807) is 17.3 Å². The third-order valence-electron chi connectivity index (χ3n) is 5.31. The second-order valence-electron chi connectivity index (χ2n) is 6.90. The molecule has 29 heavy (non-hydrogen) atoms. The summed E-state index contributed by atoms with van der Waals surface area (Å²) in [4.78, 5) is 33.4. The van der Waals surface area contributed by atoms with Crippen LogP contribution < -0.4 is 0 Å². The highest BCUT2D eigenvalue weighted by atomic mass is 16.2. The van der Waals surface area contributed by atoms with Crippen LogP contribution in [0.5, 0.6) is 0 Å². The molecule has 0 spiro atoms. The average Bonchev–Trinajstić information content (AvgIpc) is 2.78. The summed E-state index contributed by atoms with van der Waals surface area (Å²) in [6.07, 6.45) is 3.53. The third kappa shape index (κ3) is 2.68. The summed E-state index contributed by atoms with van der Waals surface area (Å²) in [5.74, 6) is 0.00744. The van der Waals surface area contributed by atoms with Crippen LogP contribution in [0.4, 0.5) is 0 Å². The number of nitrogens with zero attached hydrogens (tertiary/aromatic N) is 5. The normalized spacial score (nSPS) is 11.5. The first-order valence-electron chi connectivity index (χ1n) is 9.73. The van der Waals surface area contributed by atoms with Gasteiger partial charge in [-0.15, -0.1) is 0 Å². The minimum Gasteiger partial charge on any atom is -0.339 e. The number of fused-ring (bicyclic) bond motifs is 7. The Morgan fingerprint density at radius 1 is 0.793 bits per heavy atom. The Balaban J connectivity index is 1.84. The van der Waals surface area contributed by atoms with E-state index in [0.29, 0.717) is 24.2 Å². The fraction of sp³-hybridized carbons (Fsp3) is 0.174. The van der Waals surface area contributed by atoms with Crippen LogP contribution in [0.3, 0.4) is 0 Å². The Morgan fingerprint density at radius 2 is 1.38 bits per heavy atom. The number of carbonyl (C=O) groups excluding carboxylic acids is 1. The fourth-order valence-electron chi connectivity index (χ4n) is 3.83. The Morgan fingerprint density at radius 3 is 1.97 bits per heavy atom. The van der Waals surface area contributed by atoms with Crippen molar-refractivity contribution in [3.8, 4) is 0 Å². The lowest BCUT2D eigenvalue weighted by Gasteiger charge is -2.18. The molecule has 2 aromatic carbocycles. The van der Waals surface area contributed by atoms with E-state index in [9.17, 15) is 4.79 Å². The van der Waals surface area contributed by atoms with Gasteiger partial charge in [-0.2, -0.15) is 0 Å². The van der Waals surface area contributed by atoms with Crippen molar-refractivity contribution in [3.05, 3.63) is 60.4 Å². The van der Waals surface area contributed by atoms with E-state index in [2.05, 4.69) is 9.97 Å². The summed E-state index contributed by atoms with van der Waals surface area (Å²) in [7, 11) is 0. The Hall–Kier alpha value is -3.67. The minimum atomic E-state index is 0.00744. The van der Waals surface area contributed by atoms with Gasteiger partial charge in [-0.1, -0.05) is 0 Å². The molecule has 0 saturated heterocycles. The molecule has 0 aliphatic carbocycles. The Labute approximate surface area is 167 Å². The summed E-state index contributed by atoms with van der Waals surface area (Å²) in [5, 5.41) is 1.83. The summed E-state index contributed by atoms with van der Waals surface area (Å²) in [6.45, 7) is 5.31. The second-order valence-corrected chi connectivity index (χ2v) is 6.90. The number of carbonyl (C=O) groups is 1. The molecule has 0 atom stereocenters. The fourth-order valence-corrected chi connectivity index (χ4v) is 3.83. The number of aromatic nitrogens is 4. The standard InChI is InChI=1S/C23H19N5O/c1-3-28(4-2)23(29)14-9-10-17-18(13-14)27-22-16-8-6-12-25-20(16)19-15(21(22)26-17)7-5-11-24-19/h5-13H,3-4H2,1-2H3. The van der Waals surface area contributed by atoms with E-state index in [-0.39, 0.29) is 5.91 Å². The molecule has 5 aromatic rings. The molecule has 6 heteroatoms. The van der Waals surface area contributed by atoms with Gasteiger partial charge >= 0.3 is 0 Å². The van der Waals surface area contributed by atoms with Crippen LogP contribution in [0.15, 0.2) is 54.9 Å². The van der Waals surface area contributed by atoms with Crippen LogP contribution in [0, 0.1) is 0 Å². The molecule has 142 valence electrons. The highest BCUT2D eigenvalue weighted by Gasteiger charge is 2.16. The number of rotatable bonds is 3. The first-order valence-corrected chi connectivity index (χ1v) is 9.73. The summed E-state index contributed by atoms with van der Waals surface area (Å²) in [5.41, 5.74) is 5.26. The van der Waals surface area contributed by atoms with Crippen LogP contribution in [-0.4, -0.2) is 43.8 Å². The molecule has 0 unspecified atom stereocenters. The number of pyridine rings is 2. The van der Waals surface area contributed by atoms with Crippen LogP contribution in [0.2, 0.25) is 0 Å². The minimum absolute atomic E-state index is 0.00744. The molecule has 0 aliphatic heterocycles. The van der Waals surface area contributed by atoms with Gasteiger partial charge in [0.1, 0.15) is 0 Å². The quantitative estimate of drug-likeness (QED) is 0.343. The maximum Gasteiger partial charge on any atom is 0.253 e. The number of hydrogen-bond donors (Lipinski definition) is 0. The van der Waals surface area contributed by atoms with E-state index in [4.69, 9.17) is 9.97 Å². The van der Waals surface area contributed by atoms with Crippen molar-refractivity contribution in [2.75, 3.05) is 13.1 Å². The molecule has 0 N–H and O–H groups in total. The second kappa shape index (κ2) is 6.74. The van der Waals surface area contributed by atoms with Gasteiger partial charge in [0.15, 0.2) is 0 Å². The largest absolute Gasteiger partial charge is 0.339 e. The molecule has 0 radical (unpaired) electrons. The highest BCUT2D eigenvalue weighted by molar-refractivity contribution is 6.21. The van der Waals surface area contributed by atoms with Gasteiger partial charge in [-0.05, 0) is 56.3 Å². The van der Waals surface area contributed by atoms with Crippen molar-refractivity contribution in [3.63, 3.8) is 0 Å². The van der Waals surface area contributed by atoms with Gasteiger partial charge < -0.3 is 4.90 Å². The van der Waals surface area contributed by atoms with Gasteiger partial charge in [0.05, 0.1) is 33.1 Å². The Bertz CT molecular complexity index is 1410. The number of amides is 1. The van der Waals surface area contributed by atoms with Gasteiger partial charge in [0.25, 0.3) is 5.91 Å². The summed E-state index contributed by atoms with van der Waals surface area (Å²) >= 11 is 0. The topological polar surface area (TPSA) is 71.9 Å². The summed E-state index contributed by atoms with van der Waals surface area (Å²) < 4.78 is 0. The lowest BCUT2D eigenvalue weighted by atomic mass is 10.1. The van der Waals surface area contributed by atoms with Gasteiger partial charge in [0.2, 0.25) is 0 Å². The molecule has 0 fully saturated rings. The lowest BCUT2D eigenvalue weighted by Crippen LogP contribution is -2.30. The van der Waals surface area contributed by atoms with Crippen molar-refractivity contribution < 1.29 is 4.79 Å². The molecule has 0 saturated carbocycles. The molecule has 5 rings (SSSR count). The zero-order chi connectivity index (χ0) is 20.0. The SMILES string of the molecule is CCN(CC)C(=O)c1ccc2nc3c4cccnc4c4ncccc4c3nc2c1. The predicted octanol–water partition coefficient (Wildman–Crippen LogP) is 4.36. The van der Waals surface area contributed by atoms with Gasteiger partial charge in [-0.3, -0.25) is 14.8 Å². The molecular formula is C23H19N5O. The average molecular weight is 381 g/mol. The van der Waals surface area contributed by atoms with Gasteiger partial charge in [0, 0.05) is 41.8 Å². The van der Waals surface area contributed by atoms with Crippen molar-refractivity contribution in [2.24, 2.45) is 0 Å². The first-order chi connectivity index (χ1) is 14.2. The van der Waals surface area contributed by atoms with Crippen molar-refractivity contribution in [1.29, 1.82) is 0 Å². The molecule has 3 heterocycles. The van der Waals surface area contributed by atoms with E-state index < -0.39 is 0 Å². The van der Waals surface area contributed by atoms with E-state index >= 15 is 0 Å². The van der Waals surface area contributed by atoms with Crippen LogP contribution in [-0.2, 0) is 0 Å². The van der Waals surface area contributed by atoms with Crippen molar-refractivity contribution in [1.82, 2.24) is 24.8 Å². The maximum atomic E-state index is 12.8. The highest BCUT2D eigenvalue weighted by Crippen LogP contribution is 2.31. The monoisotopic (exact) mass is 381 g/mol. The maximum absolute atomic E-state index is 12.8.